The Bertz CT molecular complexity index is 143. The fourth-order valence-electron chi connectivity index (χ4n) is 0.476. The minimum absolute atomic E-state index is 0.742. The normalized spacial score (nSPS) is 10.4. The van der Waals surface area contributed by atoms with Crippen LogP contribution in [0.4, 0.5) is 0 Å². The van der Waals surface area contributed by atoms with Crippen molar-refractivity contribution in [2.75, 3.05) is 0 Å². The third kappa shape index (κ3) is 0.869. The van der Waals surface area contributed by atoms with Crippen molar-refractivity contribution in [3.63, 3.8) is 0 Å². The van der Waals surface area contributed by atoms with Gasteiger partial charge in [-0.25, -0.2) is 4.98 Å². The molecule has 0 atom stereocenters. The summed E-state index contributed by atoms with van der Waals surface area (Å²) in [7, 11) is 0. The van der Waals surface area contributed by atoms with Gasteiger partial charge in [0.2, 0.25) is 0 Å². The molecule has 0 spiro atoms. The minimum Gasteiger partial charge on any atom is -0.351 e. The Kier molecular flexibility index (Phi) is 1.30. The lowest BCUT2D eigenvalue weighted by molar-refractivity contribution is 1.04. The molecule has 1 radical (unpaired) electrons. The van der Waals surface area contributed by atoms with Crippen LogP contribution in [0, 0.1) is 6.04 Å². The molecule has 3 nitrogen and oxygen atoms in total. The van der Waals surface area contributed by atoms with E-state index in [1.807, 2.05) is 6.92 Å². The molecular formula is C5H8N3. The largest absolute Gasteiger partial charge is 0.351 e. The van der Waals surface area contributed by atoms with Gasteiger partial charge in [-0.2, -0.15) is 0 Å². The van der Waals surface area contributed by atoms with Gasteiger partial charge in [0.15, 0.2) is 0 Å². The number of hydrogen-bond donors (Lipinski definition) is 2. The molecule has 1 heterocycles. The lowest BCUT2D eigenvalue weighted by atomic mass is 10.3. The van der Waals surface area contributed by atoms with Crippen molar-refractivity contribution < 1.29 is 0 Å². The number of aromatic nitrogens is 2. The SMILES string of the molecule is C[C](N)c1c[nH]cn1. The lowest BCUT2D eigenvalue weighted by Gasteiger charge is -1.93. The zero-order valence-corrected chi connectivity index (χ0v) is 4.68. The summed E-state index contributed by atoms with van der Waals surface area (Å²) in [6, 6.07) is 0.742. The number of aromatic amines is 1. The van der Waals surface area contributed by atoms with E-state index < -0.39 is 0 Å². The van der Waals surface area contributed by atoms with E-state index >= 15 is 0 Å². The Morgan fingerprint density at radius 2 is 2.62 bits per heavy atom. The summed E-state index contributed by atoms with van der Waals surface area (Å²) < 4.78 is 0. The quantitative estimate of drug-likeness (QED) is 0.545. The molecule has 0 unspecified atom stereocenters. The number of nitrogens with zero attached hydrogens (tertiary/aromatic N) is 1. The Morgan fingerprint density at radius 3 is 2.88 bits per heavy atom. The standard InChI is InChI=1S/C5H8N3/c1-4(6)5-2-7-3-8-5/h2-3H,6H2,1H3,(H,7,8). The third-order valence-electron chi connectivity index (χ3n) is 0.902. The summed E-state index contributed by atoms with van der Waals surface area (Å²) >= 11 is 0. The molecule has 0 saturated carbocycles. The summed E-state index contributed by atoms with van der Waals surface area (Å²) in [4.78, 5) is 6.70. The van der Waals surface area contributed by atoms with E-state index in [9.17, 15) is 0 Å². The highest BCUT2D eigenvalue weighted by molar-refractivity contribution is 5.13. The Hall–Kier alpha value is -0.830. The molecular weight excluding hydrogens is 102 g/mol. The molecule has 0 saturated heterocycles. The Morgan fingerprint density at radius 1 is 1.88 bits per heavy atom. The molecule has 43 valence electrons. The zero-order valence-electron chi connectivity index (χ0n) is 4.68. The van der Waals surface area contributed by atoms with Crippen LogP contribution in [0.5, 0.6) is 0 Å². The van der Waals surface area contributed by atoms with Gasteiger partial charge in [-0.15, -0.1) is 0 Å². The molecule has 8 heavy (non-hydrogen) atoms. The predicted octanol–water partition coefficient (Wildman–Crippen LogP) is 0.268. The van der Waals surface area contributed by atoms with Gasteiger partial charge in [-0.05, 0) is 6.92 Å². The smallest absolute Gasteiger partial charge is 0.0923 e. The van der Waals surface area contributed by atoms with E-state index in [0.717, 1.165) is 11.7 Å². The predicted molar refractivity (Wildman–Crippen MR) is 30.8 cm³/mol. The van der Waals surface area contributed by atoms with Crippen molar-refractivity contribution in [2.24, 2.45) is 5.73 Å². The maximum absolute atomic E-state index is 5.39. The first-order valence-corrected chi connectivity index (χ1v) is 2.39. The van der Waals surface area contributed by atoms with Crippen molar-refractivity contribution in [2.45, 2.75) is 6.92 Å². The highest BCUT2D eigenvalue weighted by Gasteiger charge is 1.98. The summed E-state index contributed by atoms with van der Waals surface area (Å²) in [6.45, 7) is 1.82. The first kappa shape index (κ1) is 5.31. The minimum atomic E-state index is 0.742. The summed E-state index contributed by atoms with van der Waals surface area (Å²) in [5, 5.41) is 0. The number of hydrogen-bond acceptors (Lipinski definition) is 2. The van der Waals surface area contributed by atoms with Crippen LogP contribution < -0.4 is 5.73 Å². The second-order valence-electron chi connectivity index (χ2n) is 1.64. The van der Waals surface area contributed by atoms with Gasteiger partial charge in [0, 0.05) is 6.20 Å². The zero-order chi connectivity index (χ0) is 5.98. The van der Waals surface area contributed by atoms with E-state index in [2.05, 4.69) is 9.97 Å². The van der Waals surface area contributed by atoms with Gasteiger partial charge in [-0.3, -0.25) is 0 Å². The maximum Gasteiger partial charge on any atom is 0.0923 e. The number of H-pyrrole nitrogens is 1. The van der Waals surface area contributed by atoms with Crippen molar-refractivity contribution in [1.29, 1.82) is 0 Å². The maximum atomic E-state index is 5.39. The van der Waals surface area contributed by atoms with E-state index in [-0.39, 0.29) is 0 Å². The fraction of sp³-hybridized carbons (Fsp3) is 0.200. The van der Waals surface area contributed by atoms with Gasteiger partial charge < -0.3 is 10.7 Å². The van der Waals surface area contributed by atoms with Crippen LogP contribution in [-0.4, -0.2) is 9.97 Å². The Labute approximate surface area is 47.9 Å². The molecule has 1 aromatic rings. The first-order chi connectivity index (χ1) is 3.80. The molecule has 3 N–H and O–H groups in total. The molecule has 1 rings (SSSR count). The number of nitrogens with two attached hydrogens (primary N) is 1. The van der Waals surface area contributed by atoms with Crippen LogP contribution >= 0.6 is 0 Å². The first-order valence-electron chi connectivity index (χ1n) is 2.39. The van der Waals surface area contributed by atoms with Gasteiger partial charge in [0.1, 0.15) is 0 Å². The topological polar surface area (TPSA) is 54.7 Å². The molecule has 3 heteroatoms. The molecule has 0 aromatic carbocycles. The molecule has 0 bridgehead atoms. The highest BCUT2D eigenvalue weighted by atomic mass is 14.9. The summed E-state index contributed by atoms with van der Waals surface area (Å²) in [5.74, 6) is 0. The van der Waals surface area contributed by atoms with Crippen LogP contribution in [-0.2, 0) is 0 Å². The van der Waals surface area contributed by atoms with Gasteiger partial charge in [0.05, 0.1) is 18.1 Å². The van der Waals surface area contributed by atoms with Crippen LogP contribution in [0.15, 0.2) is 12.5 Å². The van der Waals surface area contributed by atoms with E-state index in [1.165, 1.54) is 0 Å². The number of rotatable bonds is 1. The van der Waals surface area contributed by atoms with Crippen molar-refractivity contribution in [3.05, 3.63) is 24.3 Å². The average molecular weight is 110 g/mol. The van der Waals surface area contributed by atoms with Crippen LogP contribution in [0.1, 0.15) is 12.6 Å². The highest BCUT2D eigenvalue weighted by Crippen LogP contribution is 1.99. The van der Waals surface area contributed by atoms with E-state index in [4.69, 9.17) is 5.73 Å². The third-order valence-corrected chi connectivity index (χ3v) is 0.902. The van der Waals surface area contributed by atoms with Crippen molar-refractivity contribution >= 4 is 0 Å². The molecule has 1 aromatic heterocycles. The average Bonchev–Trinajstić information content (AvgIpc) is 2.12. The molecule has 0 aliphatic carbocycles. The van der Waals surface area contributed by atoms with Gasteiger partial charge in [0.25, 0.3) is 0 Å². The van der Waals surface area contributed by atoms with Crippen molar-refractivity contribution in [1.82, 2.24) is 9.97 Å². The summed E-state index contributed by atoms with van der Waals surface area (Å²) in [5.41, 5.74) is 6.22. The van der Waals surface area contributed by atoms with Crippen LogP contribution in [0.3, 0.4) is 0 Å². The molecule has 0 fully saturated rings. The number of nitrogens with one attached hydrogen (secondary N) is 1. The Balaban J connectivity index is 2.77. The number of imidazole rings is 1. The molecule has 0 aliphatic heterocycles. The van der Waals surface area contributed by atoms with E-state index in [1.54, 1.807) is 12.5 Å². The molecule has 0 aliphatic rings. The van der Waals surface area contributed by atoms with Gasteiger partial charge in [-0.1, -0.05) is 0 Å². The lowest BCUT2D eigenvalue weighted by Crippen LogP contribution is -2.05. The monoisotopic (exact) mass is 110 g/mol. The molecule has 0 amide bonds. The van der Waals surface area contributed by atoms with E-state index in [0.29, 0.717) is 0 Å². The van der Waals surface area contributed by atoms with Crippen LogP contribution in [0.25, 0.3) is 0 Å². The van der Waals surface area contributed by atoms with Gasteiger partial charge >= 0.3 is 0 Å². The van der Waals surface area contributed by atoms with Crippen LogP contribution in [0.2, 0.25) is 0 Å². The van der Waals surface area contributed by atoms with Crippen molar-refractivity contribution in [3.8, 4) is 0 Å². The fourth-order valence-corrected chi connectivity index (χ4v) is 0.476. The second kappa shape index (κ2) is 1.96. The second-order valence-corrected chi connectivity index (χ2v) is 1.64. The summed E-state index contributed by atoms with van der Waals surface area (Å²) in [6.07, 6.45) is 3.36.